The molecule has 1 atom stereocenters. The number of benzene rings is 1. The van der Waals surface area contributed by atoms with Gasteiger partial charge in [0.2, 0.25) is 0 Å². The Kier molecular flexibility index (Phi) is 6.02. The van der Waals surface area contributed by atoms with Crippen LogP contribution in [0.15, 0.2) is 67.1 Å². The van der Waals surface area contributed by atoms with Crippen LogP contribution >= 0.6 is 0 Å². The molecule has 0 spiro atoms. The van der Waals surface area contributed by atoms with Gasteiger partial charge in [-0.2, -0.15) is 13.2 Å². The molecule has 1 aliphatic rings. The van der Waals surface area contributed by atoms with Crippen LogP contribution < -0.4 is 0 Å². The molecule has 3 aromatic rings. The fourth-order valence-electron chi connectivity index (χ4n) is 3.98. The number of halogens is 3. The van der Waals surface area contributed by atoms with E-state index in [2.05, 4.69) is 9.97 Å². The Morgan fingerprint density at radius 1 is 1.06 bits per heavy atom. The summed E-state index contributed by atoms with van der Waals surface area (Å²) in [5.41, 5.74) is 2.08. The van der Waals surface area contributed by atoms with Gasteiger partial charge in [-0.3, -0.25) is 14.8 Å². The van der Waals surface area contributed by atoms with Gasteiger partial charge in [0.1, 0.15) is 0 Å². The van der Waals surface area contributed by atoms with Gasteiger partial charge >= 0.3 is 6.18 Å². The van der Waals surface area contributed by atoms with Crippen LogP contribution in [0.5, 0.6) is 0 Å². The summed E-state index contributed by atoms with van der Waals surface area (Å²) < 4.78 is 38.8. The number of amides is 1. The lowest BCUT2D eigenvalue weighted by molar-refractivity contribution is -0.137. The van der Waals surface area contributed by atoms with Crippen molar-refractivity contribution < 1.29 is 18.0 Å². The van der Waals surface area contributed by atoms with Crippen LogP contribution in [-0.4, -0.2) is 27.3 Å². The Morgan fingerprint density at radius 2 is 1.94 bits per heavy atom. The molecule has 0 N–H and O–H groups in total. The van der Waals surface area contributed by atoms with Gasteiger partial charge in [0, 0.05) is 37.3 Å². The van der Waals surface area contributed by atoms with Crippen molar-refractivity contribution in [3.8, 4) is 0 Å². The number of rotatable bonds is 4. The topological polar surface area (TPSA) is 46.1 Å². The zero-order chi connectivity index (χ0) is 21.8. The number of alkyl halides is 3. The number of hydrogen-bond donors (Lipinski definition) is 0. The SMILES string of the molecule is O=C(c1cccnc1)N1CCCC[C@@H]1c1ccc(Cc2cccc(C(F)(F)F)c2)nc1. The van der Waals surface area contributed by atoms with Crippen LogP contribution in [0.1, 0.15) is 58.0 Å². The van der Waals surface area contributed by atoms with Crippen molar-refractivity contribution in [2.24, 2.45) is 0 Å². The standard InChI is InChI=1S/C24H22F3N3O/c25-24(26,27)20-7-3-5-17(13-20)14-21-10-9-18(16-29-21)22-8-1-2-12-30(22)23(31)19-6-4-11-28-15-19/h3-7,9-11,13,15-16,22H,1-2,8,12,14H2/t22-/m1/s1. The number of aromatic nitrogens is 2. The second-order valence-corrected chi connectivity index (χ2v) is 7.71. The molecule has 31 heavy (non-hydrogen) atoms. The van der Waals surface area contributed by atoms with Crippen molar-refractivity contribution in [2.45, 2.75) is 37.9 Å². The molecule has 0 aliphatic carbocycles. The van der Waals surface area contributed by atoms with Crippen molar-refractivity contribution in [1.82, 2.24) is 14.9 Å². The molecule has 1 fully saturated rings. The van der Waals surface area contributed by atoms with E-state index in [0.29, 0.717) is 29.8 Å². The number of piperidine rings is 1. The molecule has 160 valence electrons. The van der Waals surface area contributed by atoms with Crippen LogP contribution in [0.3, 0.4) is 0 Å². The number of carbonyl (C=O) groups excluding carboxylic acids is 1. The summed E-state index contributed by atoms with van der Waals surface area (Å²) >= 11 is 0. The average Bonchev–Trinajstić information content (AvgIpc) is 2.79. The summed E-state index contributed by atoms with van der Waals surface area (Å²) in [6.45, 7) is 0.671. The molecule has 1 amide bonds. The number of nitrogens with zero attached hydrogens (tertiary/aromatic N) is 3. The van der Waals surface area contributed by atoms with Crippen molar-refractivity contribution >= 4 is 5.91 Å². The molecule has 1 aliphatic heterocycles. The van der Waals surface area contributed by atoms with Gasteiger partial charge in [0.05, 0.1) is 17.2 Å². The lowest BCUT2D eigenvalue weighted by Crippen LogP contribution is -2.38. The number of carbonyl (C=O) groups is 1. The number of hydrogen-bond acceptors (Lipinski definition) is 3. The number of likely N-dealkylation sites (tertiary alicyclic amines) is 1. The largest absolute Gasteiger partial charge is 0.416 e. The Balaban J connectivity index is 1.51. The molecule has 3 heterocycles. The van der Waals surface area contributed by atoms with E-state index in [1.54, 1.807) is 36.8 Å². The Hall–Kier alpha value is -3.22. The van der Waals surface area contributed by atoms with Gasteiger partial charge in [0.25, 0.3) is 5.91 Å². The summed E-state index contributed by atoms with van der Waals surface area (Å²) in [5.74, 6) is -0.0501. The van der Waals surface area contributed by atoms with E-state index in [1.807, 2.05) is 17.0 Å². The minimum absolute atomic E-state index is 0.0501. The first-order valence-corrected chi connectivity index (χ1v) is 10.2. The number of pyridine rings is 2. The third-order valence-electron chi connectivity index (χ3n) is 5.54. The van der Waals surface area contributed by atoms with Crippen molar-refractivity contribution in [1.29, 1.82) is 0 Å². The zero-order valence-electron chi connectivity index (χ0n) is 16.8. The lowest BCUT2D eigenvalue weighted by atomic mass is 9.95. The first-order valence-electron chi connectivity index (χ1n) is 10.2. The van der Waals surface area contributed by atoms with Gasteiger partial charge in [-0.15, -0.1) is 0 Å². The van der Waals surface area contributed by atoms with Gasteiger partial charge in [-0.1, -0.05) is 24.3 Å². The summed E-state index contributed by atoms with van der Waals surface area (Å²) in [6.07, 6.45) is 3.72. The van der Waals surface area contributed by atoms with Crippen LogP contribution in [0.4, 0.5) is 13.2 Å². The summed E-state index contributed by atoms with van der Waals surface area (Å²) in [5, 5.41) is 0. The minimum Gasteiger partial charge on any atom is -0.332 e. The van der Waals surface area contributed by atoms with Crippen molar-refractivity contribution in [3.05, 3.63) is 95.1 Å². The van der Waals surface area contributed by atoms with Crippen LogP contribution in [0.2, 0.25) is 0 Å². The molecule has 2 aromatic heterocycles. The van der Waals surface area contributed by atoms with Crippen LogP contribution in [-0.2, 0) is 12.6 Å². The van der Waals surface area contributed by atoms with E-state index >= 15 is 0 Å². The molecule has 0 bridgehead atoms. The molecule has 1 aromatic carbocycles. The lowest BCUT2D eigenvalue weighted by Gasteiger charge is -2.36. The molecule has 0 radical (unpaired) electrons. The summed E-state index contributed by atoms with van der Waals surface area (Å²) in [6, 6.07) is 12.5. The van der Waals surface area contributed by atoms with E-state index in [-0.39, 0.29) is 11.9 Å². The van der Waals surface area contributed by atoms with Gasteiger partial charge < -0.3 is 4.90 Å². The van der Waals surface area contributed by atoms with E-state index in [1.165, 1.54) is 6.07 Å². The summed E-state index contributed by atoms with van der Waals surface area (Å²) in [4.78, 5) is 23.4. The molecule has 4 nitrogen and oxygen atoms in total. The highest BCUT2D eigenvalue weighted by Gasteiger charge is 2.31. The van der Waals surface area contributed by atoms with Crippen molar-refractivity contribution in [2.75, 3.05) is 6.54 Å². The normalized spacial score (nSPS) is 16.9. The van der Waals surface area contributed by atoms with E-state index in [9.17, 15) is 18.0 Å². The predicted molar refractivity (Wildman–Crippen MR) is 110 cm³/mol. The maximum atomic E-state index is 13.0. The van der Waals surface area contributed by atoms with Gasteiger partial charge in [-0.05, 0) is 54.7 Å². The second kappa shape index (κ2) is 8.88. The molecular weight excluding hydrogens is 403 g/mol. The van der Waals surface area contributed by atoms with E-state index < -0.39 is 11.7 Å². The van der Waals surface area contributed by atoms with Crippen LogP contribution in [0, 0.1) is 0 Å². The molecule has 7 heteroatoms. The fraction of sp³-hybridized carbons (Fsp3) is 0.292. The highest BCUT2D eigenvalue weighted by atomic mass is 19.4. The smallest absolute Gasteiger partial charge is 0.332 e. The van der Waals surface area contributed by atoms with E-state index in [0.717, 1.165) is 37.0 Å². The first kappa shape index (κ1) is 21.0. The molecule has 0 saturated carbocycles. The maximum Gasteiger partial charge on any atom is 0.416 e. The van der Waals surface area contributed by atoms with Crippen LogP contribution in [0.25, 0.3) is 0 Å². The Morgan fingerprint density at radius 3 is 2.65 bits per heavy atom. The first-order chi connectivity index (χ1) is 14.9. The minimum atomic E-state index is -4.36. The molecular formula is C24H22F3N3O. The Bertz CT molecular complexity index is 1040. The third kappa shape index (κ3) is 4.93. The van der Waals surface area contributed by atoms with Gasteiger partial charge in [0.15, 0.2) is 0 Å². The third-order valence-corrected chi connectivity index (χ3v) is 5.54. The second-order valence-electron chi connectivity index (χ2n) is 7.71. The zero-order valence-corrected chi connectivity index (χ0v) is 16.8. The maximum absolute atomic E-state index is 13.0. The highest BCUT2D eigenvalue weighted by Crippen LogP contribution is 2.32. The Labute approximate surface area is 178 Å². The molecule has 4 rings (SSSR count). The van der Waals surface area contributed by atoms with Gasteiger partial charge in [-0.25, -0.2) is 0 Å². The van der Waals surface area contributed by atoms with E-state index in [4.69, 9.17) is 0 Å². The average molecular weight is 425 g/mol. The summed E-state index contributed by atoms with van der Waals surface area (Å²) in [7, 11) is 0. The quantitative estimate of drug-likeness (QED) is 0.558. The highest BCUT2D eigenvalue weighted by molar-refractivity contribution is 5.94. The van der Waals surface area contributed by atoms with Crippen molar-refractivity contribution in [3.63, 3.8) is 0 Å². The monoisotopic (exact) mass is 425 g/mol. The fourth-order valence-corrected chi connectivity index (χ4v) is 3.98. The predicted octanol–water partition coefficient (Wildman–Crippen LogP) is 5.45. The molecule has 0 unspecified atom stereocenters. The molecule has 1 saturated heterocycles.